The number of para-hydroxylation sites is 1. The molecule has 2 aromatic carbocycles. The molecule has 1 heterocycles. The van der Waals surface area contributed by atoms with Crippen LogP contribution in [0.2, 0.25) is 0 Å². The zero-order valence-corrected chi connectivity index (χ0v) is 14.4. The molecule has 25 heavy (non-hydrogen) atoms. The number of nitrogens with one attached hydrogen (secondary N) is 1. The van der Waals surface area contributed by atoms with Crippen molar-refractivity contribution in [3.8, 4) is 5.75 Å². The maximum atomic E-state index is 12.8. The van der Waals surface area contributed by atoms with E-state index in [1.54, 1.807) is 11.0 Å². The standard InChI is InChI=1S/C21H22N2O2/c1-4-13-23-20(22-19-8-6-5-7-18(19)21(23)24)16-9-11-17(12-10-16)25-14-15(2)3/h4-12,20,22H,1-2,13-14H2,3H3. The van der Waals surface area contributed by atoms with Crippen LogP contribution in [0.3, 0.4) is 0 Å². The van der Waals surface area contributed by atoms with Gasteiger partial charge in [0.25, 0.3) is 5.91 Å². The Bertz CT molecular complexity index is 796. The average Bonchev–Trinajstić information content (AvgIpc) is 2.63. The number of amides is 1. The summed E-state index contributed by atoms with van der Waals surface area (Å²) in [7, 11) is 0. The van der Waals surface area contributed by atoms with Crippen LogP contribution in [0.1, 0.15) is 29.0 Å². The van der Waals surface area contributed by atoms with Crippen molar-refractivity contribution in [1.82, 2.24) is 4.90 Å². The molecule has 4 heteroatoms. The van der Waals surface area contributed by atoms with Crippen molar-refractivity contribution in [2.24, 2.45) is 0 Å². The molecule has 1 amide bonds. The molecule has 1 aliphatic rings. The molecule has 0 saturated carbocycles. The molecule has 0 saturated heterocycles. The lowest BCUT2D eigenvalue weighted by Crippen LogP contribution is -2.42. The molecule has 0 aromatic heterocycles. The monoisotopic (exact) mass is 334 g/mol. The molecule has 2 aromatic rings. The van der Waals surface area contributed by atoms with E-state index >= 15 is 0 Å². The summed E-state index contributed by atoms with van der Waals surface area (Å²) < 4.78 is 5.64. The number of hydrogen-bond donors (Lipinski definition) is 1. The van der Waals surface area contributed by atoms with E-state index in [0.717, 1.165) is 22.6 Å². The highest BCUT2D eigenvalue weighted by Gasteiger charge is 2.31. The van der Waals surface area contributed by atoms with Crippen LogP contribution >= 0.6 is 0 Å². The van der Waals surface area contributed by atoms with E-state index in [2.05, 4.69) is 18.5 Å². The molecule has 1 aliphatic heterocycles. The molecule has 1 N–H and O–H groups in total. The normalized spacial score (nSPS) is 16.0. The molecule has 0 radical (unpaired) electrons. The van der Waals surface area contributed by atoms with E-state index in [1.807, 2.05) is 55.5 Å². The molecule has 0 fully saturated rings. The number of hydrogen-bond acceptors (Lipinski definition) is 3. The molecule has 128 valence electrons. The maximum Gasteiger partial charge on any atom is 0.258 e. The van der Waals surface area contributed by atoms with Crippen molar-refractivity contribution in [2.45, 2.75) is 13.1 Å². The molecule has 3 rings (SSSR count). The number of carbonyl (C=O) groups is 1. The number of carbonyl (C=O) groups excluding carboxylic acids is 1. The van der Waals surface area contributed by atoms with Crippen LogP contribution < -0.4 is 10.1 Å². The Morgan fingerprint density at radius 2 is 1.96 bits per heavy atom. The molecular formula is C21H22N2O2. The third kappa shape index (κ3) is 3.58. The molecule has 1 atom stereocenters. The number of anilines is 1. The van der Waals surface area contributed by atoms with Crippen molar-refractivity contribution in [1.29, 1.82) is 0 Å². The summed E-state index contributed by atoms with van der Waals surface area (Å²) in [6.07, 6.45) is 1.50. The molecule has 0 bridgehead atoms. The fourth-order valence-electron chi connectivity index (χ4n) is 2.84. The lowest BCUT2D eigenvalue weighted by atomic mass is 10.0. The highest BCUT2D eigenvalue weighted by molar-refractivity contribution is 6.01. The van der Waals surface area contributed by atoms with E-state index < -0.39 is 0 Å². The van der Waals surface area contributed by atoms with Crippen LogP contribution in [0, 0.1) is 0 Å². The Labute approximate surface area is 148 Å². The first-order chi connectivity index (χ1) is 12.1. The first-order valence-electron chi connectivity index (χ1n) is 8.24. The second-order valence-electron chi connectivity index (χ2n) is 6.15. The molecular weight excluding hydrogens is 312 g/mol. The van der Waals surface area contributed by atoms with Crippen molar-refractivity contribution in [2.75, 3.05) is 18.5 Å². The molecule has 4 nitrogen and oxygen atoms in total. The van der Waals surface area contributed by atoms with Crippen molar-refractivity contribution in [3.05, 3.63) is 84.5 Å². The largest absolute Gasteiger partial charge is 0.489 e. The van der Waals surface area contributed by atoms with Gasteiger partial charge in [-0.2, -0.15) is 0 Å². The quantitative estimate of drug-likeness (QED) is 0.797. The number of nitrogens with zero attached hydrogens (tertiary/aromatic N) is 1. The fourth-order valence-corrected chi connectivity index (χ4v) is 2.84. The minimum Gasteiger partial charge on any atom is -0.489 e. The van der Waals surface area contributed by atoms with E-state index in [1.165, 1.54) is 0 Å². The van der Waals surface area contributed by atoms with Gasteiger partial charge < -0.3 is 15.0 Å². The van der Waals surface area contributed by atoms with Gasteiger partial charge in [-0.3, -0.25) is 4.79 Å². The summed E-state index contributed by atoms with van der Waals surface area (Å²) in [5.41, 5.74) is 3.49. The number of rotatable bonds is 6. The Kier molecular flexibility index (Phi) is 4.89. The lowest BCUT2D eigenvalue weighted by molar-refractivity contribution is 0.0707. The Morgan fingerprint density at radius 3 is 2.64 bits per heavy atom. The topological polar surface area (TPSA) is 41.6 Å². The number of benzene rings is 2. The van der Waals surface area contributed by atoms with Crippen LogP contribution in [0.25, 0.3) is 0 Å². The van der Waals surface area contributed by atoms with E-state index in [4.69, 9.17) is 4.74 Å². The summed E-state index contributed by atoms with van der Waals surface area (Å²) in [6.45, 7) is 10.5. The maximum absolute atomic E-state index is 12.8. The summed E-state index contributed by atoms with van der Waals surface area (Å²) in [4.78, 5) is 14.6. The van der Waals surface area contributed by atoms with Crippen molar-refractivity contribution in [3.63, 3.8) is 0 Å². The van der Waals surface area contributed by atoms with Gasteiger partial charge in [0.1, 0.15) is 18.5 Å². The van der Waals surface area contributed by atoms with Gasteiger partial charge in [-0.25, -0.2) is 0 Å². The Morgan fingerprint density at radius 1 is 1.24 bits per heavy atom. The minimum absolute atomic E-state index is 0.00172. The van der Waals surface area contributed by atoms with Gasteiger partial charge in [0.2, 0.25) is 0 Å². The van der Waals surface area contributed by atoms with Crippen LogP contribution in [-0.4, -0.2) is 24.0 Å². The summed E-state index contributed by atoms with van der Waals surface area (Å²) in [5.74, 6) is 0.784. The number of fused-ring (bicyclic) bond motifs is 1. The minimum atomic E-state index is -0.240. The van der Waals surface area contributed by atoms with E-state index in [-0.39, 0.29) is 12.1 Å². The lowest BCUT2D eigenvalue weighted by Gasteiger charge is -2.37. The SMILES string of the molecule is C=CCN1C(=O)c2ccccc2NC1c1ccc(OCC(=C)C)cc1. The predicted octanol–water partition coefficient (Wildman–Crippen LogP) is 4.39. The predicted molar refractivity (Wildman–Crippen MR) is 101 cm³/mol. The summed E-state index contributed by atoms with van der Waals surface area (Å²) in [6, 6.07) is 15.3. The Hall–Kier alpha value is -3.01. The summed E-state index contributed by atoms with van der Waals surface area (Å²) >= 11 is 0. The zero-order valence-electron chi connectivity index (χ0n) is 14.4. The highest BCUT2D eigenvalue weighted by Crippen LogP contribution is 2.33. The van der Waals surface area contributed by atoms with Gasteiger partial charge in [-0.15, -0.1) is 6.58 Å². The van der Waals surface area contributed by atoms with Crippen molar-refractivity contribution >= 4 is 11.6 Å². The molecule has 0 aliphatic carbocycles. The van der Waals surface area contributed by atoms with Gasteiger partial charge in [0, 0.05) is 12.2 Å². The van der Waals surface area contributed by atoms with Gasteiger partial charge in [-0.1, -0.05) is 36.9 Å². The first-order valence-corrected chi connectivity index (χ1v) is 8.24. The van der Waals surface area contributed by atoms with Crippen LogP contribution in [0.4, 0.5) is 5.69 Å². The van der Waals surface area contributed by atoms with E-state index in [0.29, 0.717) is 18.7 Å². The Balaban J connectivity index is 1.88. The molecule has 0 spiro atoms. The second-order valence-corrected chi connectivity index (χ2v) is 6.15. The number of ether oxygens (including phenoxy) is 1. The summed E-state index contributed by atoms with van der Waals surface area (Å²) in [5, 5.41) is 3.45. The van der Waals surface area contributed by atoms with Crippen molar-refractivity contribution < 1.29 is 9.53 Å². The van der Waals surface area contributed by atoms with Crippen LogP contribution in [0.15, 0.2) is 73.3 Å². The van der Waals surface area contributed by atoms with Crippen LogP contribution in [-0.2, 0) is 0 Å². The third-order valence-corrected chi connectivity index (χ3v) is 4.03. The zero-order chi connectivity index (χ0) is 17.8. The van der Waals surface area contributed by atoms with Gasteiger partial charge in [0.15, 0.2) is 0 Å². The van der Waals surface area contributed by atoms with Gasteiger partial charge >= 0.3 is 0 Å². The van der Waals surface area contributed by atoms with Crippen LogP contribution in [0.5, 0.6) is 5.75 Å². The second kappa shape index (κ2) is 7.26. The highest BCUT2D eigenvalue weighted by atomic mass is 16.5. The van der Waals surface area contributed by atoms with E-state index in [9.17, 15) is 4.79 Å². The smallest absolute Gasteiger partial charge is 0.258 e. The average molecular weight is 334 g/mol. The van der Waals surface area contributed by atoms with Gasteiger partial charge in [-0.05, 0) is 42.3 Å². The molecule has 1 unspecified atom stereocenters. The third-order valence-electron chi connectivity index (χ3n) is 4.03. The fraction of sp³-hybridized carbons (Fsp3) is 0.190. The first kappa shape index (κ1) is 16.8. The van der Waals surface area contributed by atoms with Gasteiger partial charge in [0.05, 0.1) is 5.56 Å².